The zero-order valence-electron chi connectivity index (χ0n) is 9.45. The first kappa shape index (κ1) is 11.1. The van der Waals surface area contributed by atoms with Gasteiger partial charge >= 0.3 is 0 Å². The Bertz CT molecular complexity index is 558. The zero-order valence-corrected chi connectivity index (χ0v) is 10.3. The summed E-state index contributed by atoms with van der Waals surface area (Å²) < 4.78 is 0. The van der Waals surface area contributed by atoms with Gasteiger partial charge < -0.3 is 5.11 Å². The smallest absolute Gasteiger partial charge is 0.137 e. The van der Waals surface area contributed by atoms with E-state index in [-0.39, 0.29) is 0 Å². The molecule has 0 aliphatic heterocycles. The molecule has 0 saturated carbocycles. The molecule has 0 saturated heterocycles. The van der Waals surface area contributed by atoms with Gasteiger partial charge in [0.25, 0.3) is 0 Å². The summed E-state index contributed by atoms with van der Waals surface area (Å²) in [6.07, 6.45) is 0. The van der Waals surface area contributed by atoms with Crippen LogP contribution in [0.2, 0.25) is 0 Å². The fourth-order valence-corrected chi connectivity index (χ4v) is 2.59. The van der Waals surface area contributed by atoms with Crippen LogP contribution in [0, 0.1) is 6.92 Å². The van der Waals surface area contributed by atoms with Crippen molar-refractivity contribution in [1.82, 2.24) is 0 Å². The molecule has 82 valence electrons. The van der Waals surface area contributed by atoms with E-state index in [0.29, 0.717) is 5.75 Å². The molecule has 0 aromatic heterocycles. The summed E-state index contributed by atoms with van der Waals surface area (Å²) in [6, 6.07) is 9.91. The molecule has 0 radical (unpaired) electrons. The van der Waals surface area contributed by atoms with E-state index in [1.54, 1.807) is 0 Å². The van der Waals surface area contributed by atoms with Crippen LogP contribution < -0.4 is 0 Å². The topological polar surface area (TPSA) is 20.2 Å². The van der Waals surface area contributed by atoms with Crippen molar-refractivity contribution in [3.63, 3.8) is 0 Å². The molecule has 2 rings (SSSR count). The molecule has 0 fully saturated rings. The lowest BCUT2D eigenvalue weighted by Gasteiger charge is -2.10. The van der Waals surface area contributed by atoms with Crippen LogP contribution in [0.4, 0.5) is 0 Å². The number of fused-ring (bicyclic) bond motifs is 1. The number of rotatable bonds is 2. The Kier molecular flexibility index (Phi) is 2.92. The van der Waals surface area contributed by atoms with Crippen LogP contribution in [0.3, 0.4) is 0 Å². The van der Waals surface area contributed by atoms with E-state index in [9.17, 15) is 5.11 Å². The number of hydrogen-bond acceptors (Lipinski definition) is 2. The van der Waals surface area contributed by atoms with E-state index in [1.165, 1.54) is 17.3 Å². The van der Waals surface area contributed by atoms with Gasteiger partial charge in [-0.1, -0.05) is 42.6 Å². The average molecular weight is 230 g/mol. The fourth-order valence-electron chi connectivity index (χ4n) is 1.77. The van der Waals surface area contributed by atoms with Crippen molar-refractivity contribution in [1.29, 1.82) is 0 Å². The van der Waals surface area contributed by atoms with Crippen molar-refractivity contribution in [2.24, 2.45) is 0 Å². The molecule has 1 nitrogen and oxygen atoms in total. The molecular weight excluding hydrogens is 216 g/mol. The highest BCUT2D eigenvalue weighted by molar-refractivity contribution is 8.03. The lowest BCUT2D eigenvalue weighted by atomic mass is 10.0. The standard InChI is InChI=1S/C14H14OS/c1-9(2)16-13-8-10(3)11-6-4-5-7-12(11)14(13)15/h4-8,15H,1H2,2-3H3. The Hall–Kier alpha value is -1.41. The number of aryl methyl sites for hydroxylation is 1. The van der Waals surface area contributed by atoms with Gasteiger partial charge in [-0.2, -0.15) is 0 Å². The van der Waals surface area contributed by atoms with Gasteiger partial charge in [0.2, 0.25) is 0 Å². The number of phenols is 1. The Balaban J connectivity index is 2.70. The van der Waals surface area contributed by atoms with E-state index in [0.717, 1.165) is 20.6 Å². The van der Waals surface area contributed by atoms with Gasteiger partial charge in [0.1, 0.15) is 5.75 Å². The number of hydrogen-bond donors (Lipinski definition) is 1. The molecule has 0 spiro atoms. The maximum Gasteiger partial charge on any atom is 0.137 e. The second-order valence-corrected chi connectivity index (χ2v) is 5.23. The minimum atomic E-state index is 0.356. The molecule has 0 amide bonds. The average Bonchev–Trinajstić information content (AvgIpc) is 2.25. The van der Waals surface area contributed by atoms with Crippen LogP contribution in [0.15, 0.2) is 46.7 Å². The third-order valence-corrected chi connectivity index (χ3v) is 3.35. The van der Waals surface area contributed by atoms with Gasteiger partial charge in [-0.25, -0.2) is 0 Å². The van der Waals surface area contributed by atoms with E-state index in [4.69, 9.17) is 0 Å². The second kappa shape index (κ2) is 4.22. The molecule has 16 heavy (non-hydrogen) atoms. The van der Waals surface area contributed by atoms with Crippen LogP contribution in [0.25, 0.3) is 10.8 Å². The summed E-state index contributed by atoms with van der Waals surface area (Å²) in [7, 11) is 0. The summed E-state index contributed by atoms with van der Waals surface area (Å²) >= 11 is 1.51. The number of benzene rings is 2. The van der Waals surface area contributed by atoms with Gasteiger partial charge in [0, 0.05) is 5.39 Å². The van der Waals surface area contributed by atoms with Crippen molar-refractivity contribution in [3.8, 4) is 5.75 Å². The molecule has 1 N–H and O–H groups in total. The Labute approximate surface area is 99.8 Å². The fraction of sp³-hybridized carbons (Fsp3) is 0.143. The first-order chi connectivity index (χ1) is 7.59. The summed E-state index contributed by atoms with van der Waals surface area (Å²) in [5, 5.41) is 12.2. The van der Waals surface area contributed by atoms with E-state index < -0.39 is 0 Å². The molecule has 0 atom stereocenters. The van der Waals surface area contributed by atoms with Crippen molar-refractivity contribution >= 4 is 22.5 Å². The van der Waals surface area contributed by atoms with Crippen LogP contribution in [0.1, 0.15) is 12.5 Å². The Morgan fingerprint density at radius 3 is 2.50 bits per heavy atom. The molecule has 2 aromatic rings. The van der Waals surface area contributed by atoms with Crippen LogP contribution in [-0.2, 0) is 0 Å². The predicted molar refractivity (Wildman–Crippen MR) is 71.0 cm³/mol. The first-order valence-corrected chi connectivity index (χ1v) is 5.96. The highest BCUT2D eigenvalue weighted by atomic mass is 32.2. The largest absolute Gasteiger partial charge is 0.506 e. The van der Waals surface area contributed by atoms with Crippen LogP contribution >= 0.6 is 11.8 Å². The molecule has 0 bridgehead atoms. The molecule has 0 heterocycles. The van der Waals surface area contributed by atoms with Gasteiger partial charge in [0.15, 0.2) is 0 Å². The van der Waals surface area contributed by atoms with Gasteiger partial charge in [-0.15, -0.1) is 0 Å². The minimum absolute atomic E-state index is 0.356. The quantitative estimate of drug-likeness (QED) is 0.768. The maximum atomic E-state index is 10.2. The predicted octanol–water partition coefficient (Wildman–Crippen LogP) is 4.48. The normalized spacial score (nSPS) is 10.6. The van der Waals surface area contributed by atoms with Crippen molar-refractivity contribution < 1.29 is 5.11 Å². The van der Waals surface area contributed by atoms with Crippen molar-refractivity contribution in [3.05, 3.63) is 47.4 Å². The van der Waals surface area contributed by atoms with Crippen LogP contribution in [0.5, 0.6) is 5.75 Å². The summed E-state index contributed by atoms with van der Waals surface area (Å²) in [5.41, 5.74) is 1.18. The zero-order chi connectivity index (χ0) is 11.7. The summed E-state index contributed by atoms with van der Waals surface area (Å²) in [6.45, 7) is 7.85. The number of allylic oxidation sites excluding steroid dienone is 1. The Morgan fingerprint density at radius 2 is 1.88 bits per heavy atom. The molecule has 2 heteroatoms. The van der Waals surface area contributed by atoms with Crippen molar-refractivity contribution in [2.45, 2.75) is 18.7 Å². The van der Waals surface area contributed by atoms with E-state index in [1.807, 2.05) is 37.3 Å². The number of aromatic hydroxyl groups is 1. The van der Waals surface area contributed by atoms with E-state index in [2.05, 4.69) is 13.5 Å². The van der Waals surface area contributed by atoms with E-state index >= 15 is 0 Å². The van der Waals surface area contributed by atoms with Crippen molar-refractivity contribution in [2.75, 3.05) is 0 Å². The molecule has 0 aliphatic carbocycles. The van der Waals surface area contributed by atoms with Gasteiger partial charge in [-0.3, -0.25) is 0 Å². The lowest BCUT2D eigenvalue weighted by molar-refractivity contribution is 0.469. The lowest BCUT2D eigenvalue weighted by Crippen LogP contribution is -1.83. The third-order valence-electron chi connectivity index (χ3n) is 2.47. The first-order valence-electron chi connectivity index (χ1n) is 5.14. The molecule has 0 aliphatic rings. The third kappa shape index (κ3) is 1.93. The highest BCUT2D eigenvalue weighted by Gasteiger charge is 2.09. The van der Waals surface area contributed by atoms with Crippen LogP contribution in [-0.4, -0.2) is 5.11 Å². The monoisotopic (exact) mass is 230 g/mol. The molecule has 2 aromatic carbocycles. The second-order valence-electron chi connectivity index (χ2n) is 3.89. The maximum absolute atomic E-state index is 10.2. The van der Waals surface area contributed by atoms with Gasteiger partial charge in [0.05, 0.1) is 4.90 Å². The van der Waals surface area contributed by atoms with Gasteiger partial charge in [-0.05, 0) is 35.8 Å². The molecular formula is C14H14OS. The Morgan fingerprint density at radius 1 is 1.25 bits per heavy atom. The SMILES string of the molecule is C=C(C)Sc1cc(C)c2ccccc2c1O. The summed E-state index contributed by atoms with van der Waals surface area (Å²) in [4.78, 5) is 1.86. The highest BCUT2D eigenvalue weighted by Crippen LogP contribution is 2.39. The molecule has 0 unspecified atom stereocenters. The summed E-state index contributed by atoms with van der Waals surface area (Å²) in [5.74, 6) is 0.356. The number of phenolic OH excluding ortho intramolecular Hbond substituents is 1. The number of thioether (sulfide) groups is 1. The minimum Gasteiger partial charge on any atom is -0.506 e.